The summed E-state index contributed by atoms with van der Waals surface area (Å²) in [5.74, 6) is 0.0380. The quantitative estimate of drug-likeness (QED) is 0.719. The van der Waals surface area contributed by atoms with Crippen LogP contribution < -0.4 is 5.32 Å². The Kier molecular flexibility index (Phi) is 4.79. The minimum absolute atomic E-state index is 0.0381. The highest BCUT2D eigenvalue weighted by Crippen LogP contribution is 2.22. The van der Waals surface area contributed by atoms with Crippen molar-refractivity contribution < 1.29 is 9.59 Å². The van der Waals surface area contributed by atoms with Crippen LogP contribution in [0.1, 0.15) is 17.9 Å². The average Bonchev–Trinajstić information content (AvgIpc) is 3.29. The number of benzene rings is 1. The molecule has 3 aromatic rings. The lowest BCUT2D eigenvalue weighted by Crippen LogP contribution is -2.28. The molecule has 1 aliphatic heterocycles. The molecule has 0 aliphatic carbocycles. The van der Waals surface area contributed by atoms with Crippen LogP contribution in [0, 0.1) is 12.8 Å². The highest BCUT2D eigenvalue weighted by molar-refractivity contribution is 5.97. The van der Waals surface area contributed by atoms with E-state index >= 15 is 0 Å². The SMILES string of the molecule is Cc1nnnn1-c1cccc(NC(=O)C2CC(=O)N(Cc3ccccn3)C2)c1. The van der Waals surface area contributed by atoms with Crippen LogP contribution in [0.25, 0.3) is 5.69 Å². The zero-order valence-corrected chi connectivity index (χ0v) is 15.3. The second-order valence-corrected chi connectivity index (χ2v) is 6.67. The van der Waals surface area contributed by atoms with Crippen molar-refractivity contribution in [3.8, 4) is 5.69 Å². The third kappa shape index (κ3) is 3.73. The lowest BCUT2D eigenvalue weighted by molar-refractivity contribution is -0.128. The van der Waals surface area contributed by atoms with Gasteiger partial charge in [-0.3, -0.25) is 14.6 Å². The number of anilines is 1. The molecular formula is C19H19N7O2. The molecule has 3 heterocycles. The first-order valence-corrected chi connectivity index (χ1v) is 8.94. The first kappa shape index (κ1) is 17.8. The van der Waals surface area contributed by atoms with Gasteiger partial charge in [-0.25, -0.2) is 0 Å². The summed E-state index contributed by atoms with van der Waals surface area (Å²) in [5, 5.41) is 14.3. The standard InChI is InChI=1S/C19H19N7O2/c1-13-22-23-24-26(13)17-7-4-6-15(10-17)21-19(28)14-9-18(27)25(11-14)12-16-5-2-3-8-20-16/h2-8,10,14H,9,11-12H2,1H3,(H,21,28). The molecule has 9 nitrogen and oxygen atoms in total. The van der Waals surface area contributed by atoms with Gasteiger partial charge < -0.3 is 10.2 Å². The second kappa shape index (κ2) is 7.55. The van der Waals surface area contributed by atoms with E-state index in [1.165, 1.54) is 0 Å². The van der Waals surface area contributed by atoms with Crippen molar-refractivity contribution >= 4 is 17.5 Å². The minimum atomic E-state index is -0.394. The van der Waals surface area contributed by atoms with E-state index < -0.39 is 5.92 Å². The number of pyridine rings is 1. The van der Waals surface area contributed by atoms with Gasteiger partial charge in [0, 0.05) is 24.8 Å². The van der Waals surface area contributed by atoms with Crippen molar-refractivity contribution in [2.45, 2.75) is 19.9 Å². The van der Waals surface area contributed by atoms with Crippen molar-refractivity contribution in [1.82, 2.24) is 30.1 Å². The number of aromatic nitrogens is 5. The molecule has 1 N–H and O–H groups in total. The summed E-state index contributed by atoms with van der Waals surface area (Å²) >= 11 is 0. The molecule has 28 heavy (non-hydrogen) atoms. The summed E-state index contributed by atoms with van der Waals surface area (Å²) in [7, 11) is 0. The van der Waals surface area contributed by atoms with E-state index in [-0.39, 0.29) is 18.2 Å². The molecule has 2 amide bonds. The fourth-order valence-corrected chi connectivity index (χ4v) is 3.22. The maximum atomic E-state index is 12.7. The van der Waals surface area contributed by atoms with Crippen LogP contribution in [-0.2, 0) is 16.1 Å². The summed E-state index contributed by atoms with van der Waals surface area (Å²) in [6, 6.07) is 12.8. The Labute approximate surface area is 161 Å². The molecule has 1 fully saturated rings. The molecule has 1 atom stereocenters. The third-order valence-corrected chi connectivity index (χ3v) is 4.65. The van der Waals surface area contributed by atoms with E-state index in [9.17, 15) is 9.59 Å². The van der Waals surface area contributed by atoms with Gasteiger partial charge in [-0.15, -0.1) is 5.10 Å². The molecule has 1 unspecified atom stereocenters. The van der Waals surface area contributed by atoms with E-state index in [0.717, 1.165) is 11.4 Å². The smallest absolute Gasteiger partial charge is 0.229 e. The molecule has 9 heteroatoms. The Balaban J connectivity index is 1.42. The summed E-state index contributed by atoms with van der Waals surface area (Å²) in [6.45, 7) is 2.59. The van der Waals surface area contributed by atoms with Gasteiger partial charge in [0.2, 0.25) is 11.8 Å². The molecule has 0 saturated carbocycles. The van der Waals surface area contributed by atoms with E-state index in [0.29, 0.717) is 24.6 Å². The van der Waals surface area contributed by atoms with E-state index in [1.807, 2.05) is 30.3 Å². The maximum Gasteiger partial charge on any atom is 0.229 e. The first-order valence-electron chi connectivity index (χ1n) is 8.94. The number of nitrogens with zero attached hydrogens (tertiary/aromatic N) is 6. The van der Waals surface area contributed by atoms with E-state index in [4.69, 9.17) is 0 Å². The summed E-state index contributed by atoms with van der Waals surface area (Å²) < 4.78 is 1.59. The van der Waals surface area contributed by atoms with Crippen molar-refractivity contribution in [2.24, 2.45) is 5.92 Å². The van der Waals surface area contributed by atoms with Crippen LogP contribution in [0.3, 0.4) is 0 Å². The van der Waals surface area contributed by atoms with Gasteiger partial charge in [-0.05, 0) is 47.7 Å². The van der Waals surface area contributed by atoms with Crippen LogP contribution in [0.4, 0.5) is 5.69 Å². The van der Waals surface area contributed by atoms with E-state index in [2.05, 4.69) is 25.8 Å². The topological polar surface area (TPSA) is 106 Å². The number of likely N-dealkylation sites (tertiary alicyclic amines) is 1. The number of carbonyl (C=O) groups is 2. The fourth-order valence-electron chi connectivity index (χ4n) is 3.22. The number of amides is 2. The Hall–Kier alpha value is -3.62. The average molecular weight is 377 g/mol. The summed E-state index contributed by atoms with van der Waals surface area (Å²) in [4.78, 5) is 30.9. The van der Waals surface area contributed by atoms with Crippen molar-refractivity contribution in [3.05, 3.63) is 60.2 Å². The number of rotatable bonds is 5. The molecule has 1 aromatic carbocycles. The van der Waals surface area contributed by atoms with Gasteiger partial charge >= 0.3 is 0 Å². The van der Waals surface area contributed by atoms with E-state index in [1.54, 1.807) is 34.8 Å². The normalized spacial score (nSPS) is 16.4. The van der Waals surface area contributed by atoms with Crippen LogP contribution in [-0.4, -0.2) is 48.5 Å². The Morgan fingerprint density at radius 3 is 2.89 bits per heavy atom. The molecule has 0 bridgehead atoms. The van der Waals surface area contributed by atoms with Gasteiger partial charge in [-0.1, -0.05) is 12.1 Å². The maximum absolute atomic E-state index is 12.7. The zero-order valence-electron chi connectivity index (χ0n) is 15.3. The minimum Gasteiger partial charge on any atom is -0.336 e. The fraction of sp³-hybridized carbons (Fsp3) is 0.263. The van der Waals surface area contributed by atoms with Crippen LogP contribution in [0.5, 0.6) is 0 Å². The predicted molar refractivity (Wildman–Crippen MR) is 100 cm³/mol. The molecular weight excluding hydrogens is 358 g/mol. The Bertz CT molecular complexity index is 1000. The zero-order chi connectivity index (χ0) is 19.5. The molecule has 4 rings (SSSR count). The largest absolute Gasteiger partial charge is 0.336 e. The van der Waals surface area contributed by atoms with Crippen molar-refractivity contribution in [3.63, 3.8) is 0 Å². The van der Waals surface area contributed by atoms with Gasteiger partial charge in [0.25, 0.3) is 0 Å². The summed E-state index contributed by atoms with van der Waals surface area (Å²) in [5.41, 5.74) is 2.19. The Morgan fingerprint density at radius 1 is 1.25 bits per heavy atom. The Morgan fingerprint density at radius 2 is 2.14 bits per heavy atom. The highest BCUT2D eigenvalue weighted by Gasteiger charge is 2.34. The predicted octanol–water partition coefficient (Wildman–Crippen LogP) is 1.35. The first-order chi connectivity index (χ1) is 13.6. The monoisotopic (exact) mass is 377 g/mol. The number of tetrazole rings is 1. The van der Waals surface area contributed by atoms with Crippen molar-refractivity contribution in [1.29, 1.82) is 0 Å². The molecule has 142 valence electrons. The molecule has 1 aliphatic rings. The number of carbonyl (C=O) groups excluding carboxylic acids is 2. The molecule has 2 aromatic heterocycles. The van der Waals surface area contributed by atoms with Gasteiger partial charge in [-0.2, -0.15) is 4.68 Å². The number of hydrogen-bond acceptors (Lipinski definition) is 6. The van der Waals surface area contributed by atoms with Gasteiger partial charge in [0.05, 0.1) is 23.8 Å². The lowest BCUT2D eigenvalue weighted by atomic mass is 10.1. The van der Waals surface area contributed by atoms with Crippen molar-refractivity contribution in [2.75, 3.05) is 11.9 Å². The van der Waals surface area contributed by atoms with Gasteiger partial charge in [0.15, 0.2) is 5.82 Å². The number of aryl methyl sites for hydroxylation is 1. The third-order valence-electron chi connectivity index (χ3n) is 4.65. The number of hydrogen-bond donors (Lipinski definition) is 1. The number of nitrogens with one attached hydrogen (secondary N) is 1. The van der Waals surface area contributed by atoms with Crippen LogP contribution >= 0.6 is 0 Å². The van der Waals surface area contributed by atoms with Crippen LogP contribution in [0.2, 0.25) is 0 Å². The molecule has 0 radical (unpaired) electrons. The molecule has 1 saturated heterocycles. The molecule has 0 spiro atoms. The van der Waals surface area contributed by atoms with Crippen LogP contribution in [0.15, 0.2) is 48.7 Å². The van der Waals surface area contributed by atoms with Gasteiger partial charge in [0.1, 0.15) is 0 Å². The summed E-state index contributed by atoms with van der Waals surface area (Å²) in [6.07, 6.45) is 1.89. The highest BCUT2D eigenvalue weighted by atomic mass is 16.2. The lowest BCUT2D eigenvalue weighted by Gasteiger charge is -2.16. The second-order valence-electron chi connectivity index (χ2n) is 6.67.